The van der Waals surface area contributed by atoms with Crippen LogP contribution in [0.3, 0.4) is 0 Å². The largest absolute Gasteiger partial charge is 0.462 e. The second-order valence-corrected chi connectivity index (χ2v) is 8.99. The van der Waals surface area contributed by atoms with Crippen molar-refractivity contribution in [1.82, 2.24) is 4.90 Å². The molecule has 0 aliphatic heterocycles. The van der Waals surface area contributed by atoms with E-state index in [4.69, 9.17) is 9.47 Å². The summed E-state index contributed by atoms with van der Waals surface area (Å²) >= 11 is 0. The van der Waals surface area contributed by atoms with Crippen molar-refractivity contribution >= 4 is 11.9 Å². The van der Waals surface area contributed by atoms with E-state index in [2.05, 4.69) is 13.8 Å². The fraction of sp³-hybridized carbons (Fsp3) is 0.920. The van der Waals surface area contributed by atoms with Crippen LogP contribution < -0.4 is 0 Å². The molecule has 0 aromatic carbocycles. The van der Waals surface area contributed by atoms with Gasteiger partial charge in [0.25, 0.3) is 0 Å². The quantitative estimate of drug-likeness (QED) is 0.172. The van der Waals surface area contributed by atoms with Gasteiger partial charge >= 0.3 is 11.9 Å². The van der Waals surface area contributed by atoms with Crippen molar-refractivity contribution < 1.29 is 19.1 Å². The van der Waals surface area contributed by atoms with Gasteiger partial charge in [-0.05, 0) is 33.4 Å². The average Bonchev–Trinajstić information content (AvgIpc) is 2.70. The fourth-order valence-electron chi connectivity index (χ4n) is 3.48. The van der Waals surface area contributed by atoms with Crippen LogP contribution in [0.1, 0.15) is 111 Å². The van der Waals surface area contributed by atoms with Gasteiger partial charge in [-0.25, -0.2) is 0 Å². The van der Waals surface area contributed by atoms with Gasteiger partial charge in [-0.15, -0.1) is 0 Å². The van der Waals surface area contributed by atoms with Gasteiger partial charge in [0.1, 0.15) is 12.7 Å². The van der Waals surface area contributed by atoms with E-state index in [1.165, 1.54) is 51.4 Å². The second kappa shape index (κ2) is 19.8. The number of hydrogen-bond donors (Lipinski definition) is 0. The first kappa shape index (κ1) is 28.9. The Morgan fingerprint density at radius 1 is 0.767 bits per heavy atom. The smallest absolute Gasteiger partial charge is 0.320 e. The summed E-state index contributed by atoms with van der Waals surface area (Å²) in [5.41, 5.74) is 0. The predicted octanol–water partition coefficient (Wildman–Crippen LogP) is 6.14. The molecule has 0 N–H and O–H groups in total. The van der Waals surface area contributed by atoms with Gasteiger partial charge in [-0.3, -0.25) is 14.5 Å². The second-order valence-electron chi connectivity index (χ2n) is 8.99. The zero-order chi connectivity index (χ0) is 22.6. The fourth-order valence-corrected chi connectivity index (χ4v) is 3.48. The van der Waals surface area contributed by atoms with Crippen LogP contribution in [0.15, 0.2) is 0 Å². The molecule has 0 aliphatic rings. The molecule has 0 rings (SSSR count). The Hall–Kier alpha value is -1.10. The Kier molecular flexibility index (Phi) is 19.1. The van der Waals surface area contributed by atoms with Gasteiger partial charge in [0.15, 0.2) is 0 Å². The summed E-state index contributed by atoms with van der Waals surface area (Å²) in [5, 5.41) is 0. The van der Waals surface area contributed by atoms with Crippen molar-refractivity contribution in [2.24, 2.45) is 5.92 Å². The van der Waals surface area contributed by atoms with E-state index < -0.39 is 0 Å². The minimum Gasteiger partial charge on any atom is -0.462 e. The molecule has 0 bridgehead atoms. The molecule has 2 atom stereocenters. The number of hydrogen-bond acceptors (Lipinski definition) is 5. The van der Waals surface area contributed by atoms with Gasteiger partial charge in [-0.2, -0.15) is 0 Å². The van der Waals surface area contributed by atoms with E-state index in [0.717, 1.165) is 38.5 Å². The molecular weight excluding hydrogens is 378 g/mol. The molecule has 5 heteroatoms. The molecule has 0 amide bonds. The molecule has 0 radical (unpaired) electrons. The SMILES string of the molecule is CCCCCCCCCCC(COC(=O)C(C)CCCCCC)OC(=O)CN(C)C. The summed E-state index contributed by atoms with van der Waals surface area (Å²) in [6.07, 6.45) is 15.8. The van der Waals surface area contributed by atoms with Gasteiger partial charge in [-0.1, -0.05) is 91.4 Å². The zero-order valence-corrected chi connectivity index (χ0v) is 20.5. The number of carbonyl (C=O) groups is 2. The number of unbranched alkanes of at least 4 members (excludes halogenated alkanes) is 10. The van der Waals surface area contributed by atoms with Gasteiger partial charge in [0.2, 0.25) is 0 Å². The lowest BCUT2D eigenvalue weighted by atomic mass is 10.0. The van der Waals surface area contributed by atoms with Crippen LogP contribution in [0, 0.1) is 5.92 Å². The highest BCUT2D eigenvalue weighted by molar-refractivity contribution is 5.72. The Labute approximate surface area is 186 Å². The van der Waals surface area contributed by atoms with E-state index in [1.54, 1.807) is 4.90 Å². The molecule has 30 heavy (non-hydrogen) atoms. The maximum Gasteiger partial charge on any atom is 0.320 e. The van der Waals surface area contributed by atoms with Gasteiger partial charge in [0, 0.05) is 0 Å². The number of esters is 2. The molecule has 2 unspecified atom stereocenters. The summed E-state index contributed by atoms with van der Waals surface area (Å²) in [7, 11) is 3.68. The molecule has 0 heterocycles. The Bertz CT molecular complexity index is 425. The lowest BCUT2D eigenvalue weighted by Gasteiger charge is -2.20. The molecule has 0 saturated carbocycles. The predicted molar refractivity (Wildman–Crippen MR) is 125 cm³/mol. The van der Waals surface area contributed by atoms with E-state index in [0.29, 0.717) is 0 Å². The number of rotatable bonds is 20. The first-order valence-electron chi connectivity index (χ1n) is 12.4. The Morgan fingerprint density at radius 3 is 1.83 bits per heavy atom. The van der Waals surface area contributed by atoms with Crippen LogP contribution in [0.4, 0.5) is 0 Å². The van der Waals surface area contributed by atoms with Gasteiger partial charge in [0.05, 0.1) is 12.5 Å². The first-order valence-corrected chi connectivity index (χ1v) is 12.4. The van der Waals surface area contributed by atoms with Crippen molar-refractivity contribution in [3.8, 4) is 0 Å². The number of carbonyl (C=O) groups excluding carboxylic acids is 2. The molecule has 0 aromatic heterocycles. The molecule has 0 aliphatic carbocycles. The molecule has 0 aromatic rings. The van der Waals surface area contributed by atoms with Crippen LogP contribution in [-0.2, 0) is 19.1 Å². The van der Waals surface area contributed by atoms with Crippen molar-refractivity contribution in [1.29, 1.82) is 0 Å². The van der Waals surface area contributed by atoms with E-state index in [-0.39, 0.29) is 37.1 Å². The van der Waals surface area contributed by atoms with E-state index in [9.17, 15) is 9.59 Å². The van der Waals surface area contributed by atoms with Crippen molar-refractivity contribution in [2.45, 2.75) is 117 Å². The van der Waals surface area contributed by atoms with Crippen LogP contribution in [0.5, 0.6) is 0 Å². The molecule has 178 valence electrons. The maximum absolute atomic E-state index is 12.3. The van der Waals surface area contributed by atoms with Crippen LogP contribution in [0.2, 0.25) is 0 Å². The Morgan fingerprint density at radius 2 is 1.27 bits per heavy atom. The third kappa shape index (κ3) is 17.7. The lowest BCUT2D eigenvalue weighted by molar-refractivity contribution is -0.162. The molecule has 0 fully saturated rings. The summed E-state index contributed by atoms with van der Waals surface area (Å²) in [5.74, 6) is -0.521. The first-order chi connectivity index (χ1) is 14.4. The monoisotopic (exact) mass is 427 g/mol. The third-order valence-corrected chi connectivity index (χ3v) is 5.43. The third-order valence-electron chi connectivity index (χ3n) is 5.43. The van der Waals surface area contributed by atoms with E-state index >= 15 is 0 Å². The highest BCUT2D eigenvalue weighted by Crippen LogP contribution is 2.15. The molecule has 0 saturated heterocycles. The standard InChI is InChI=1S/C25H49NO4/c1-6-8-10-12-13-14-15-17-19-23(30-24(27)20-26(4)5)21-29-25(28)22(3)18-16-11-9-7-2/h22-23H,6-21H2,1-5H3. The Balaban J connectivity index is 4.28. The molecule has 0 spiro atoms. The van der Waals surface area contributed by atoms with E-state index in [1.807, 2.05) is 21.0 Å². The zero-order valence-electron chi connectivity index (χ0n) is 20.5. The highest BCUT2D eigenvalue weighted by Gasteiger charge is 2.20. The summed E-state index contributed by atoms with van der Waals surface area (Å²) < 4.78 is 11.1. The minimum absolute atomic E-state index is 0.0943. The molecular formula is C25H49NO4. The highest BCUT2D eigenvalue weighted by atomic mass is 16.6. The summed E-state index contributed by atoms with van der Waals surface area (Å²) in [4.78, 5) is 26.2. The van der Waals surface area contributed by atoms with Crippen LogP contribution in [0.25, 0.3) is 0 Å². The topological polar surface area (TPSA) is 55.8 Å². The molecule has 5 nitrogen and oxygen atoms in total. The van der Waals surface area contributed by atoms with Crippen LogP contribution in [-0.4, -0.2) is 50.2 Å². The lowest BCUT2D eigenvalue weighted by Crippen LogP contribution is -2.31. The summed E-state index contributed by atoms with van der Waals surface area (Å²) in [6.45, 7) is 6.77. The maximum atomic E-state index is 12.3. The van der Waals surface area contributed by atoms with Crippen molar-refractivity contribution in [3.05, 3.63) is 0 Å². The average molecular weight is 428 g/mol. The normalized spacial score (nSPS) is 13.3. The number of nitrogens with zero attached hydrogens (tertiary/aromatic N) is 1. The summed E-state index contributed by atoms with van der Waals surface area (Å²) in [6, 6.07) is 0. The van der Waals surface area contributed by atoms with Crippen molar-refractivity contribution in [2.75, 3.05) is 27.2 Å². The minimum atomic E-state index is -0.339. The van der Waals surface area contributed by atoms with Gasteiger partial charge < -0.3 is 9.47 Å². The number of ether oxygens (including phenoxy) is 2. The van der Waals surface area contributed by atoms with Crippen LogP contribution >= 0.6 is 0 Å². The number of likely N-dealkylation sites (N-methyl/N-ethyl adjacent to an activating group) is 1. The van der Waals surface area contributed by atoms with Crippen molar-refractivity contribution in [3.63, 3.8) is 0 Å².